The fourth-order valence-electron chi connectivity index (χ4n) is 6.07. The van der Waals surface area contributed by atoms with Crippen LogP contribution in [0.2, 0.25) is 0 Å². The van der Waals surface area contributed by atoms with Crippen LogP contribution in [0.25, 0.3) is 0 Å². The summed E-state index contributed by atoms with van der Waals surface area (Å²) in [5.41, 5.74) is 1.06. The predicted molar refractivity (Wildman–Crippen MR) is 135 cm³/mol. The predicted octanol–water partition coefficient (Wildman–Crippen LogP) is 6.38. The van der Waals surface area contributed by atoms with Gasteiger partial charge in [0.25, 0.3) is 0 Å². The molecule has 0 atom stereocenters. The van der Waals surface area contributed by atoms with Gasteiger partial charge >= 0.3 is 5.97 Å². The van der Waals surface area contributed by atoms with Crippen LogP contribution in [0.4, 0.5) is 5.69 Å². The number of likely N-dealkylation sites (tertiary alicyclic amines) is 1. The molecular weight excluding hydrogens is 432 g/mol. The lowest BCUT2D eigenvalue weighted by Crippen LogP contribution is -2.49. The van der Waals surface area contributed by atoms with E-state index in [0.717, 1.165) is 64.5 Å². The van der Waals surface area contributed by atoms with E-state index in [0.29, 0.717) is 27.8 Å². The molecule has 1 amide bonds. The topological polar surface area (TPSA) is 60.9 Å². The maximum absolute atomic E-state index is 14.0. The summed E-state index contributed by atoms with van der Waals surface area (Å²) in [5.74, 6) is 0.415. The van der Waals surface area contributed by atoms with Crippen molar-refractivity contribution in [1.82, 2.24) is 4.90 Å². The summed E-state index contributed by atoms with van der Waals surface area (Å²) >= 11 is 1.43. The van der Waals surface area contributed by atoms with Crippen LogP contribution in [0.5, 0.6) is 0 Å². The fourth-order valence-corrected chi connectivity index (χ4v) is 7.23. The number of thiophene rings is 1. The maximum Gasteiger partial charge on any atom is 0.348 e. The van der Waals surface area contributed by atoms with Gasteiger partial charge in [0.2, 0.25) is 5.91 Å². The normalized spacial score (nSPS) is 27.4. The van der Waals surface area contributed by atoms with Gasteiger partial charge in [0.15, 0.2) is 0 Å². The number of hydrogen-bond donors (Lipinski definition) is 1. The summed E-state index contributed by atoms with van der Waals surface area (Å²) in [4.78, 5) is 32.1. The van der Waals surface area contributed by atoms with Crippen molar-refractivity contribution in [2.75, 3.05) is 25.0 Å². The molecule has 33 heavy (non-hydrogen) atoms. The fraction of sp³-hybridized carbons (Fsp3) is 0.778. The Bertz CT molecular complexity index is 838. The first-order chi connectivity index (χ1) is 15.6. The quantitative estimate of drug-likeness (QED) is 0.538. The minimum absolute atomic E-state index is 0.0290. The monoisotopic (exact) mass is 474 g/mol. The van der Waals surface area contributed by atoms with Gasteiger partial charge in [0, 0.05) is 16.8 Å². The Morgan fingerprint density at radius 1 is 1.03 bits per heavy atom. The molecule has 1 aromatic heterocycles. The Kier molecular flexibility index (Phi) is 7.54. The number of aromatic carboxylic acids is 1. The number of carbonyl (C=O) groups excluding carboxylic acids is 1. The molecule has 3 fully saturated rings. The number of nitrogens with zero attached hydrogens (tertiary/aromatic N) is 2. The molecule has 4 rings (SSSR count). The van der Waals surface area contributed by atoms with Crippen molar-refractivity contribution in [3.8, 4) is 0 Å². The molecule has 5 nitrogen and oxygen atoms in total. The highest BCUT2D eigenvalue weighted by atomic mass is 32.1. The van der Waals surface area contributed by atoms with Gasteiger partial charge in [-0.1, -0.05) is 20.8 Å². The molecule has 184 valence electrons. The first kappa shape index (κ1) is 24.7. The lowest BCUT2D eigenvalue weighted by atomic mass is 9.73. The van der Waals surface area contributed by atoms with Crippen molar-refractivity contribution in [3.63, 3.8) is 0 Å². The molecule has 1 aliphatic heterocycles. The summed E-state index contributed by atoms with van der Waals surface area (Å²) in [5, 5.41) is 10.1. The second kappa shape index (κ2) is 10.1. The second-order valence-corrected chi connectivity index (χ2v) is 12.9. The highest BCUT2D eigenvalue weighted by Gasteiger charge is 2.38. The molecule has 0 spiro atoms. The first-order valence-corrected chi connectivity index (χ1v) is 13.8. The average molecular weight is 475 g/mol. The molecule has 0 aromatic carbocycles. The van der Waals surface area contributed by atoms with Gasteiger partial charge in [-0.05, 0) is 108 Å². The minimum atomic E-state index is -0.889. The van der Waals surface area contributed by atoms with Crippen molar-refractivity contribution >= 4 is 28.9 Å². The molecule has 0 bridgehead atoms. The molecule has 0 unspecified atom stereocenters. The molecule has 2 heterocycles. The molecular formula is C27H42N2O3S. The lowest BCUT2D eigenvalue weighted by molar-refractivity contribution is -0.124. The first-order valence-electron chi connectivity index (χ1n) is 13.0. The van der Waals surface area contributed by atoms with Gasteiger partial charge in [-0.25, -0.2) is 4.79 Å². The zero-order valence-corrected chi connectivity index (χ0v) is 21.8. The number of carboxylic acids is 1. The third kappa shape index (κ3) is 5.64. The van der Waals surface area contributed by atoms with Gasteiger partial charge < -0.3 is 14.9 Å². The largest absolute Gasteiger partial charge is 0.477 e. The van der Waals surface area contributed by atoms with Crippen LogP contribution in [0.1, 0.15) is 105 Å². The molecule has 1 aromatic rings. The number of anilines is 1. The van der Waals surface area contributed by atoms with E-state index in [2.05, 4.69) is 38.8 Å². The van der Waals surface area contributed by atoms with Crippen molar-refractivity contribution in [2.24, 2.45) is 17.3 Å². The van der Waals surface area contributed by atoms with E-state index in [-0.39, 0.29) is 17.9 Å². The molecule has 6 heteroatoms. The van der Waals surface area contributed by atoms with Crippen LogP contribution in [0.3, 0.4) is 0 Å². The van der Waals surface area contributed by atoms with Gasteiger partial charge in [0.05, 0.1) is 5.69 Å². The van der Waals surface area contributed by atoms with Crippen molar-refractivity contribution < 1.29 is 14.7 Å². The van der Waals surface area contributed by atoms with Crippen LogP contribution < -0.4 is 4.90 Å². The molecule has 2 saturated carbocycles. The number of hydrogen-bond acceptors (Lipinski definition) is 4. The smallest absolute Gasteiger partial charge is 0.348 e. The van der Waals surface area contributed by atoms with Gasteiger partial charge in [-0.2, -0.15) is 0 Å². The van der Waals surface area contributed by atoms with E-state index in [4.69, 9.17) is 0 Å². The summed E-state index contributed by atoms with van der Waals surface area (Å²) in [6.07, 6.45) is 10.4. The van der Waals surface area contributed by atoms with Gasteiger partial charge in [-0.3, -0.25) is 4.79 Å². The summed E-state index contributed by atoms with van der Waals surface area (Å²) in [7, 11) is 2.13. The van der Waals surface area contributed by atoms with Gasteiger partial charge in [0.1, 0.15) is 4.88 Å². The highest BCUT2D eigenvalue weighted by molar-refractivity contribution is 7.14. The standard InChI is InChI=1S/C27H42N2O3S/c1-18-5-7-20(8-6-18)25(30)29(21-11-15-28(4)16-12-21)22-17-23(33-24(22)26(31)32)19-9-13-27(2,3)14-10-19/h17-21H,5-16H2,1-4H3,(H,31,32)/t18-,20-. The Labute approximate surface area is 203 Å². The van der Waals surface area contributed by atoms with Crippen molar-refractivity contribution in [2.45, 2.75) is 96.9 Å². The van der Waals surface area contributed by atoms with E-state index >= 15 is 0 Å². The Morgan fingerprint density at radius 2 is 1.64 bits per heavy atom. The Morgan fingerprint density at radius 3 is 2.21 bits per heavy atom. The van der Waals surface area contributed by atoms with Crippen molar-refractivity contribution in [3.05, 3.63) is 15.8 Å². The molecule has 3 aliphatic rings. The Balaban J connectivity index is 1.66. The van der Waals surface area contributed by atoms with Crippen LogP contribution in [-0.2, 0) is 4.79 Å². The highest BCUT2D eigenvalue weighted by Crippen LogP contribution is 2.47. The number of piperidine rings is 1. The third-order valence-corrected chi connectivity index (χ3v) is 9.86. The van der Waals surface area contributed by atoms with Crippen LogP contribution in [0, 0.1) is 17.3 Å². The molecule has 1 saturated heterocycles. The molecule has 2 aliphatic carbocycles. The second-order valence-electron chi connectivity index (χ2n) is 11.8. The van der Waals surface area contributed by atoms with Crippen molar-refractivity contribution in [1.29, 1.82) is 0 Å². The number of amides is 1. The number of rotatable bonds is 5. The van der Waals surface area contributed by atoms with Crippen LogP contribution >= 0.6 is 11.3 Å². The summed E-state index contributed by atoms with van der Waals surface area (Å²) < 4.78 is 0. The SMILES string of the molecule is CN1CCC(N(c2cc(C3CCC(C)(C)CC3)sc2C(=O)O)C(=O)[C@H]2CC[C@H](C)CC2)CC1. The lowest BCUT2D eigenvalue weighted by Gasteiger charge is -2.40. The zero-order chi connectivity index (χ0) is 23.8. The number of carbonyl (C=O) groups is 2. The summed E-state index contributed by atoms with van der Waals surface area (Å²) in [6.45, 7) is 8.84. The van der Waals surface area contributed by atoms with E-state index < -0.39 is 5.97 Å². The van der Waals surface area contributed by atoms with E-state index in [1.54, 1.807) is 0 Å². The summed E-state index contributed by atoms with van der Waals surface area (Å²) in [6, 6.07) is 2.19. The van der Waals surface area contributed by atoms with E-state index in [1.807, 2.05) is 4.90 Å². The van der Waals surface area contributed by atoms with Gasteiger partial charge in [-0.15, -0.1) is 11.3 Å². The zero-order valence-electron chi connectivity index (χ0n) is 20.9. The van der Waals surface area contributed by atoms with E-state index in [9.17, 15) is 14.7 Å². The minimum Gasteiger partial charge on any atom is -0.477 e. The Hall–Kier alpha value is -1.40. The van der Waals surface area contributed by atoms with E-state index in [1.165, 1.54) is 29.1 Å². The average Bonchev–Trinajstić information content (AvgIpc) is 3.21. The number of carboxylic acid groups (broad SMARTS) is 1. The van der Waals surface area contributed by atoms with Crippen LogP contribution in [0.15, 0.2) is 6.07 Å². The molecule has 0 radical (unpaired) electrons. The molecule has 1 N–H and O–H groups in total. The van der Waals surface area contributed by atoms with Crippen LogP contribution in [-0.4, -0.2) is 48.1 Å². The third-order valence-electron chi connectivity index (χ3n) is 8.58. The maximum atomic E-state index is 14.0.